The van der Waals surface area contributed by atoms with Crippen molar-refractivity contribution in [1.82, 2.24) is 0 Å². The molecule has 0 unspecified atom stereocenters. The lowest BCUT2D eigenvalue weighted by Gasteiger charge is -2.11. The van der Waals surface area contributed by atoms with Crippen molar-refractivity contribution in [2.24, 2.45) is 0 Å². The summed E-state index contributed by atoms with van der Waals surface area (Å²) < 4.78 is 23.4. The highest BCUT2D eigenvalue weighted by Gasteiger charge is 2.21. The van der Waals surface area contributed by atoms with Crippen LogP contribution in [-0.2, 0) is 25.5 Å². The van der Waals surface area contributed by atoms with Crippen molar-refractivity contribution < 1.29 is 28.6 Å². The number of hydrogen-bond acceptors (Lipinski definition) is 6. The molecule has 0 amide bonds. The van der Waals surface area contributed by atoms with Crippen molar-refractivity contribution in [3.8, 4) is 0 Å². The fraction of sp³-hybridized carbons (Fsp3) is 0.375. The third-order valence-corrected chi connectivity index (χ3v) is 2.84. The lowest BCUT2D eigenvalue weighted by molar-refractivity contribution is -0.146. The SMILES string of the molecule is CCOC(=O)C(=CNc1cccc(F)c1CCO)C(=O)OCC. The molecule has 0 radical (unpaired) electrons. The van der Waals surface area contributed by atoms with E-state index in [0.717, 1.165) is 6.20 Å². The molecule has 1 aromatic rings. The van der Waals surface area contributed by atoms with Crippen LogP contribution in [0.2, 0.25) is 0 Å². The maximum Gasteiger partial charge on any atom is 0.347 e. The van der Waals surface area contributed by atoms with Crippen LogP contribution in [0.1, 0.15) is 19.4 Å². The second-order valence-corrected chi connectivity index (χ2v) is 4.38. The topological polar surface area (TPSA) is 84.9 Å². The lowest BCUT2D eigenvalue weighted by Crippen LogP contribution is -2.19. The number of carbonyl (C=O) groups excluding carboxylic acids is 2. The average molecular weight is 325 g/mol. The summed E-state index contributed by atoms with van der Waals surface area (Å²) in [5.74, 6) is -2.16. The van der Waals surface area contributed by atoms with E-state index in [2.05, 4.69) is 5.32 Å². The Balaban J connectivity index is 3.07. The molecule has 0 heterocycles. The number of halogens is 1. The molecule has 0 bridgehead atoms. The Morgan fingerprint density at radius 1 is 1.22 bits per heavy atom. The van der Waals surface area contributed by atoms with Crippen LogP contribution in [0.25, 0.3) is 0 Å². The van der Waals surface area contributed by atoms with Crippen molar-refractivity contribution in [3.63, 3.8) is 0 Å². The molecule has 0 saturated carbocycles. The zero-order valence-electron chi connectivity index (χ0n) is 13.1. The monoisotopic (exact) mass is 325 g/mol. The molecule has 0 aromatic heterocycles. The van der Waals surface area contributed by atoms with Crippen molar-refractivity contribution in [2.45, 2.75) is 20.3 Å². The van der Waals surface area contributed by atoms with E-state index < -0.39 is 17.8 Å². The van der Waals surface area contributed by atoms with Crippen LogP contribution in [0.3, 0.4) is 0 Å². The van der Waals surface area contributed by atoms with Gasteiger partial charge in [0.15, 0.2) is 5.57 Å². The Morgan fingerprint density at radius 2 is 1.83 bits per heavy atom. The quantitative estimate of drug-likeness (QED) is 0.328. The molecule has 1 aromatic carbocycles. The molecular formula is C16H20FNO5. The van der Waals surface area contributed by atoms with E-state index in [4.69, 9.17) is 14.6 Å². The number of carbonyl (C=O) groups is 2. The van der Waals surface area contributed by atoms with Crippen LogP contribution in [0.5, 0.6) is 0 Å². The van der Waals surface area contributed by atoms with Gasteiger partial charge in [0.05, 0.1) is 13.2 Å². The van der Waals surface area contributed by atoms with Crippen LogP contribution in [-0.4, -0.2) is 36.9 Å². The summed E-state index contributed by atoms with van der Waals surface area (Å²) in [4.78, 5) is 23.6. The summed E-state index contributed by atoms with van der Waals surface area (Å²) in [5.41, 5.74) is 0.261. The molecular weight excluding hydrogens is 305 g/mol. The van der Waals surface area contributed by atoms with Crippen molar-refractivity contribution in [2.75, 3.05) is 25.1 Å². The fourth-order valence-corrected chi connectivity index (χ4v) is 1.83. The predicted molar refractivity (Wildman–Crippen MR) is 82.2 cm³/mol. The fourth-order valence-electron chi connectivity index (χ4n) is 1.83. The van der Waals surface area contributed by atoms with Gasteiger partial charge in [-0.2, -0.15) is 0 Å². The summed E-state index contributed by atoms with van der Waals surface area (Å²) in [6, 6.07) is 4.30. The molecule has 0 aliphatic rings. The van der Waals surface area contributed by atoms with E-state index in [9.17, 15) is 14.0 Å². The molecule has 0 fully saturated rings. The number of hydrogen-bond donors (Lipinski definition) is 2. The maximum absolute atomic E-state index is 13.8. The number of rotatable bonds is 8. The van der Waals surface area contributed by atoms with Gasteiger partial charge in [0.2, 0.25) is 0 Å². The zero-order valence-corrected chi connectivity index (χ0v) is 13.1. The third kappa shape index (κ3) is 5.37. The van der Waals surface area contributed by atoms with Gasteiger partial charge >= 0.3 is 11.9 Å². The van der Waals surface area contributed by atoms with Gasteiger partial charge in [-0.25, -0.2) is 14.0 Å². The maximum atomic E-state index is 13.8. The predicted octanol–water partition coefficient (Wildman–Crippen LogP) is 1.78. The molecule has 0 atom stereocenters. The first-order valence-electron chi connectivity index (χ1n) is 7.24. The number of ether oxygens (including phenoxy) is 2. The molecule has 0 aliphatic carbocycles. The first-order chi connectivity index (χ1) is 11.0. The summed E-state index contributed by atoms with van der Waals surface area (Å²) in [5, 5.41) is 11.7. The van der Waals surface area contributed by atoms with E-state index in [1.54, 1.807) is 19.9 Å². The highest BCUT2D eigenvalue weighted by Crippen LogP contribution is 2.20. The Labute approximate surface area is 133 Å². The number of esters is 2. The standard InChI is InChI=1S/C16H20FNO5/c1-3-22-15(20)12(16(21)23-4-2)10-18-14-7-5-6-13(17)11(14)8-9-19/h5-7,10,18-19H,3-4,8-9H2,1-2H3. The molecule has 0 saturated heterocycles. The normalized spacial score (nSPS) is 9.91. The minimum atomic E-state index is -0.835. The minimum absolute atomic E-state index is 0.0942. The molecule has 6 nitrogen and oxygen atoms in total. The number of nitrogens with one attached hydrogen (secondary N) is 1. The summed E-state index contributed by atoms with van der Waals surface area (Å²) in [6.45, 7) is 3.19. The summed E-state index contributed by atoms with van der Waals surface area (Å²) >= 11 is 0. The highest BCUT2D eigenvalue weighted by molar-refractivity contribution is 6.14. The van der Waals surface area contributed by atoms with Gasteiger partial charge in [0, 0.05) is 30.5 Å². The van der Waals surface area contributed by atoms with E-state index in [1.807, 2.05) is 0 Å². The number of benzene rings is 1. The van der Waals surface area contributed by atoms with Crippen molar-refractivity contribution >= 4 is 17.6 Å². The Morgan fingerprint density at radius 3 is 2.35 bits per heavy atom. The van der Waals surface area contributed by atoms with E-state index in [1.165, 1.54) is 12.1 Å². The van der Waals surface area contributed by atoms with Gasteiger partial charge in [-0.3, -0.25) is 0 Å². The van der Waals surface area contributed by atoms with Crippen LogP contribution in [0.15, 0.2) is 30.0 Å². The lowest BCUT2D eigenvalue weighted by atomic mass is 10.1. The molecule has 2 N–H and O–H groups in total. The number of aliphatic hydroxyl groups is 1. The molecule has 23 heavy (non-hydrogen) atoms. The van der Waals surface area contributed by atoms with Crippen molar-refractivity contribution in [1.29, 1.82) is 0 Å². The molecule has 126 valence electrons. The van der Waals surface area contributed by atoms with Crippen LogP contribution >= 0.6 is 0 Å². The Bertz CT molecular complexity index is 566. The first kappa shape index (κ1) is 18.6. The number of anilines is 1. The largest absolute Gasteiger partial charge is 0.462 e. The average Bonchev–Trinajstić information content (AvgIpc) is 2.51. The van der Waals surface area contributed by atoms with Gasteiger partial charge in [-0.1, -0.05) is 6.07 Å². The van der Waals surface area contributed by atoms with Gasteiger partial charge in [-0.15, -0.1) is 0 Å². The van der Waals surface area contributed by atoms with Gasteiger partial charge < -0.3 is 19.9 Å². The van der Waals surface area contributed by atoms with Crippen LogP contribution in [0.4, 0.5) is 10.1 Å². The number of aliphatic hydroxyl groups excluding tert-OH is 1. The van der Waals surface area contributed by atoms with E-state index >= 15 is 0 Å². The van der Waals surface area contributed by atoms with E-state index in [0.29, 0.717) is 5.69 Å². The molecule has 1 rings (SSSR count). The summed E-state index contributed by atoms with van der Waals surface area (Å²) in [7, 11) is 0. The second-order valence-electron chi connectivity index (χ2n) is 4.38. The Kier molecular flexibility index (Phi) is 7.76. The first-order valence-corrected chi connectivity index (χ1v) is 7.24. The third-order valence-electron chi connectivity index (χ3n) is 2.84. The van der Waals surface area contributed by atoms with Gasteiger partial charge in [0.1, 0.15) is 5.82 Å². The molecule has 0 aliphatic heterocycles. The summed E-state index contributed by atoms with van der Waals surface area (Å²) in [6.07, 6.45) is 1.21. The minimum Gasteiger partial charge on any atom is -0.462 e. The Hall–Kier alpha value is -2.41. The van der Waals surface area contributed by atoms with Gasteiger partial charge in [0.25, 0.3) is 0 Å². The van der Waals surface area contributed by atoms with Gasteiger partial charge in [-0.05, 0) is 26.0 Å². The van der Waals surface area contributed by atoms with Crippen LogP contribution < -0.4 is 5.32 Å². The second kappa shape index (κ2) is 9.58. The zero-order chi connectivity index (χ0) is 17.2. The smallest absolute Gasteiger partial charge is 0.347 e. The van der Waals surface area contributed by atoms with Crippen molar-refractivity contribution in [3.05, 3.63) is 41.4 Å². The van der Waals surface area contributed by atoms with E-state index in [-0.39, 0.29) is 37.4 Å². The van der Waals surface area contributed by atoms with Crippen LogP contribution in [0, 0.1) is 5.82 Å². The molecule has 0 spiro atoms. The highest BCUT2D eigenvalue weighted by atomic mass is 19.1. The molecule has 7 heteroatoms.